The number of nitrogens with zero attached hydrogens (tertiary/aromatic N) is 2. The number of aliphatic carboxylic acids is 1. The Kier molecular flexibility index (Phi) is 7.30. The Morgan fingerprint density at radius 2 is 1.83 bits per heavy atom. The highest BCUT2D eigenvalue weighted by Crippen LogP contribution is 2.28. The molecule has 11 heteroatoms. The van der Waals surface area contributed by atoms with Crippen molar-refractivity contribution >= 4 is 35.4 Å². The van der Waals surface area contributed by atoms with Crippen LogP contribution in [0.3, 0.4) is 0 Å². The summed E-state index contributed by atoms with van der Waals surface area (Å²) in [6.45, 7) is 0.675. The normalized spacial score (nSPS) is 13.0. The number of fused-ring (bicyclic) bond motifs is 1. The van der Waals surface area contributed by atoms with Crippen LogP contribution in [-0.4, -0.2) is 44.7 Å². The van der Waals surface area contributed by atoms with E-state index in [1.54, 1.807) is 17.5 Å². The van der Waals surface area contributed by atoms with Crippen molar-refractivity contribution in [3.63, 3.8) is 0 Å². The van der Waals surface area contributed by atoms with E-state index in [4.69, 9.17) is 9.90 Å². The number of carbonyl (C=O) groups excluding carboxylic acids is 1. The first kappa shape index (κ1) is 24.9. The Labute approximate surface area is 207 Å². The third-order valence-corrected chi connectivity index (χ3v) is 6.00. The molecule has 0 aliphatic carbocycles. The molecule has 36 heavy (non-hydrogen) atoms. The van der Waals surface area contributed by atoms with Gasteiger partial charge in [0.25, 0.3) is 5.91 Å². The van der Waals surface area contributed by atoms with E-state index in [9.17, 15) is 18.0 Å². The second-order valence-electron chi connectivity index (χ2n) is 7.61. The van der Waals surface area contributed by atoms with Crippen LogP contribution in [0.2, 0.25) is 0 Å². The quantitative estimate of drug-likeness (QED) is 0.344. The van der Waals surface area contributed by atoms with Gasteiger partial charge < -0.3 is 15.4 Å². The Hall–Kier alpha value is -4.25. The minimum atomic E-state index is -5.08. The van der Waals surface area contributed by atoms with Crippen molar-refractivity contribution in [3.8, 4) is 21.8 Å². The highest BCUT2D eigenvalue weighted by molar-refractivity contribution is 7.13. The van der Waals surface area contributed by atoms with Crippen molar-refractivity contribution in [2.75, 3.05) is 6.54 Å². The zero-order valence-corrected chi connectivity index (χ0v) is 19.4. The Bertz CT molecular complexity index is 1410. The predicted octanol–water partition coefficient (Wildman–Crippen LogP) is 5.29. The van der Waals surface area contributed by atoms with E-state index < -0.39 is 12.1 Å². The summed E-state index contributed by atoms with van der Waals surface area (Å²) in [5.41, 5.74) is 6.74. The van der Waals surface area contributed by atoms with Gasteiger partial charge in [0.15, 0.2) is 0 Å². The summed E-state index contributed by atoms with van der Waals surface area (Å²) < 4.78 is 31.7. The van der Waals surface area contributed by atoms with Crippen LogP contribution < -0.4 is 5.32 Å². The number of halogens is 3. The highest BCUT2D eigenvalue weighted by Gasteiger charge is 2.38. The summed E-state index contributed by atoms with van der Waals surface area (Å²) in [6.07, 6.45) is 3.43. The summed E-state index contributed by atoms with van der Waals surface area (Å²) in [6, 6.07) is 14.1. The van der Waals surface area contributed by atoms with Crippen LogP contribution in [0.4, 0.5) is 13.2 Å². The summed E-state index contributed by atoms with van der Waals surface area (Å²) >= 11 is 1.63. The van der Waals surface area contributed by atoms with E-state index in [1.807, 2.05) is 48.0 Å². The van der Waals surface area contributed by atoms with Gasteiger partial charge in [0.1, 0.15) is 5.01 Å². The molecular formula is C25H19F3N4O3S. The van der Waals surface area contributed by atoms with Gasteiger partial charge in [-0.25, -0.2) is 9.78 Å². The van der Waals surface area contributed by atoms with Crippen LogP contribution >= 0.6 is 11.3 Å². The number of pyridine rings is 1. The molecule has 7 nitrogen and oxygen atoms in total. The lowest BCUT2D eigenvalue weighted by molar-refractivity contribution is -0.192. The predicted molar refractivity (Wildman–Crippen MR) is 130 cm³/mol. The van der Waals surface area contributed by atoms with Crippen LogP contribution in [0, 0.1) is 0 Å². The second kappa shape index (κ2) is 10.6. The molecule has 1 aromatic carbocycles. The van der Waals surface area contributed by atoms with E-state index in [-0.39, 0.29) is 5.91 Å². The van der Waals surface area contributed by atoms with Gasteiger partial charge in [-0.05, 0) is 29.8 Å². The summed E-state index contributed by atoms with van der Waals surface area (Å²) in [7, 11) is 0. The minimum absolute atomic E-state index is 0.0123. The number of carboxylic acid groups (broad SMARTS) is 1. The fourth-order valence-corrected chi connectivity index (χ4v) is 4.21. The summed E-state index contributed by atoms with van der Waals surface area (Å²) in [5, 5.41) is 13.0. The standard InChI is InChI=1S/C23H18N4OS.C2HF3O2/c28-22-19-14-21(27-20(19)8-10-25-22)16-7-9-24-17(13-16)6-5-15-3-1-2-4-18(15)23-26-11-12-29-23;3-2(4,5)1(6)7/h1-7,9,11-14,27H,8,10H2,(H,25,28);(H,6,7)/b6-5+;. The van der Waals surface area contributed by atoms with Crippen LogP contribution in [0.15, 0.2) is 60.2 Å². The first-order valence-corrected chi connectivity index (χ1v) is 11.5. The number of nitrogens with one attached hydrogen (secondary N) is 2. The van der Waals surface area contributed by atoms with Crippen LogP contribution in [0.1, 0.15) is 27.3 Å². The molecule has 3 aromatic heterocycles. The van der Waals surface area contributed by atoms with Crippen LogP contribution in [-0.2, 0) is 11.2 Å². The van der Waals surface area contributed by atoms with Gasteiger partial charge in [-0.2, -0.15) is 13.2 Å². The lowest BCUT2D eigenvalue weighted by atomic mass is 10.1. The third-order valence-electron chi connectivity index (χ3n) is 5.20. The molecule has 0 bridgehead atoms. The van der Waals surface area contributed by atoms with Gasteiger partial charge in [-0.3, -0.25) is 9.78 Å². The third kappa shape index (κ3) is 5.87. The molecule has 0 fully saturated rings. The van der Waals surface area contributed by atoms with Gasteiger partial charge in [-0.15, -0.1) is 11.3 Å². The highest BCUT2D eigenvalue weighted by atomic mass is 32.1. The zero-order chi connectivity index (χ0) is 25.7. The Morgan fingerprint density at radius 1 is 1.06 bits per heavy atom. The molecule has 4 aromatic rings. The van der Waals surface area contributed by atoms with E-state index in [0.29, 0.717) is 6.54 Å². The van der Waals surface area contributed by atoms with Crippen molar-refractivity contribution in [1.29, 1.82) is 0 Å². The molecule has 1 amide bonds. The number of rotatable bonds is 4. The van der Waals surface area contributed by atoms with Gasteiger partial charge in [-0.1, -0.05) is 30.3 Å². The van der Waals surface area contributed by atoms with Crippen molar-refractivity contribution in [2.45, 2.75) is 12.6 Å². The number of aromatic amines is 1. The van der Waals surface area contributed by atoms with Gasteiger partial charge in [0.05, 0.1) is 11.3 Å². The van der Waals surface area contributed by atoms with Crippen molar-refractivity contribution < 1.29 is 27.9 Å². The molecule has 0 unspecified atom stereocenters. The average Bonchev–Trinajstić information content (AvgIpc) is 3.54. The largest absolute Gasteiger partial charge is 0.490 e. The lowest BCUT2D eigenvalue weighted by Crippen LogP contribution is -2.31. The first-order chi connectivity index (χ1) is 17.2. The number of amides is 1. The molecule has 5 rings (SSSR count). The number of H-pyrrole nitrogens is 1. The first-order valence-electron chi connectivity index (χ1n) is 10.7. The maximum absolute atomic E-state index is 12.0. The smallest absolute Gasteiger partial charge is 0.475 e. The molecule has 4 heterocycles. The molecule has 1 aliphatic rings. The molecule has 0 saturated heterocycles. The van der Waals surface area contributed by atoms with Crippen LogP contribution in [0.5, 0.6) is 0 Å². The topological polar surface area (TPSA) is 108 Å². The molecule has 3 N–H and O–H groups in total. The SMILES string of the molecule is O=C(O)C(F)(F)F.O=C1NCCc2[nH]c(-c3ccnc(/C=C/c4ccccc4-c4nccs4)c3)cc21. The number of carbonyl (C=O) groups is 2. The van der Waals surface area contributed by atoms with Crippen molar-refractivity contribution in [1.82, 2.24) is 20.3 Å². The number of thiazole rings is 1. The Morgan fingerprint density at radius 3 is 2.53 bits per heavy atom. The second-order valence-corrected chi connectivity index (χ2v) is 8.51. The van der Waals surface area contributed by atoms with Crippen molar-refractivity contribution in [2.24, 2.45) is 0 Å². The van der Waals surface area contributed by atoms with Gasteiger partial charge >= 0.3 is 12.1 Å². The number of alkyl halides is 3. The number of carboxylic acids is 1. The van der Waals surface area contributed by atoms with E-state index in [0.717, 1.165) is 50.8 Å². The van der Waals surface area contributed by atoms with E-state index in [1.165, 1.54) is 0 Å². The monoisotopic (exact) mass is 512 g/mol. The van der Waals surface area contributed by atoms with Gasteiger partial charge in [0.2, 0.25) is 0 Å². The number of hydrogen-bond acceptors (Lipinski definition) is 5. The molecule has 0 radical (unpaired) electrons. The number of hydrogen-bond donors (Lipinski definition) is 3. The molecule has 1 aliphatic heterocycles. The van der Waals surface area contributed by atoms with E-state index in [2.05, 4.69) is 38.5 Å². The van der Waals surface area contributed by atoms with Crippen LogP contribution in [0.25, 0.3) is 34.0 Å². The van der Waals surface area contributed by atoms with Crippen molar-refractivity contribution in [3.05, 3.63) is 82.8 Å². The Balaban J connectivity index is 0.000000384. The minimum Gasteiger partial charge on any atom is -0.475 e. The maximum atomic E-state index is 12.0. The number of benzene rings is 1. The van der Waals surface area contributed by atoms with E-state index >= 15 is 0 Å². The molecule has 0 atom stereocenters. The molecule has 0 spiro atoms. The zero-order valence-electron chi connectivity index (χ0n) is 18.5. The molecule has 0 saturated carbocycles. The van der Waals surface area contributed by atoms with Gasteiger partial charge in [0, 0.05) is 53.3 Å². The average molecular weight is 513 g/mol. The summed E-state index contributed by atoms with van der Waals surface area (Å²) in [5.74, 6) is -2.77. The lowest BCUT2D eigenvalue weighted by Gasteiger charge is -2.10. The fraction of sp³-hybridized carbons (Fsp3) is 0.120. The molecular weight excluding hydrogens is 493 g/mol. The fourth-order valence-electron chi connectivity index (χ4n) is 3.52. The number of aromatic nitrogens is 3. The maximum Gasteiger partial charge on any atom is 0.490 e. The summed E-state index contributed by atoms with van der Waals surface area (Å²) in [4.78, 5) is 33.2. The molecule has 184 valence electrons.